The summed E-state index contributed by atoms with van der Waals surface area (Å²) in [5, 5.41) is 13.8. The van der Waals surface area contributed by atoms with Gasteiger partial charge in [-0.3, -0.25) is 10.0 Å². The van der Waals surface area contributed by atoms with Crippen molar-refractivity contribution in [2.45, 2.75) is 11.3 Å². The van der Waals surface area contributed by atoms with Crippen LogP contribution in [-0.2, 0) is 21.2 Å². The third-order valence-corrected chi connectivity index (χ3v) is 4.85. The van der Waals surface area contributed by atoms with E-state index in [0.717, 1.165) is 0 Å². The average Bonchev–Trinajstić information content (AvgIpc) is 3.11. The van der Waals surface area contributed by atoms with E-state index in [4.69, 9.17) is 19.5 Å². The lowest BCUT2D eigenvalue weighted by molar-refractivity contribution is -0.128. The molecule has 0 unspecified atom stereocenters. The second-order valence-corrected chi connectivity index (χ2v) is 7.36. The first kappa shape index (κ1) is 19.5. The number of oxazole rings is 1. The zero-order chi connectivity index (χ0) is 20.3. The monoisotopic (exact) mass is 403 g/mol. The number of methoxy groups -OCH3 is 1. The number of hydrogen-bond donors (Lipinski definition) is 3. The zero-order valence-electron chi connectivity index (χ0n) is 14.7. The lowest BCUT2D eigenvalue weighted by Crippen LogP contribution is -2.20. The highest BCUT2D eigenvalue weighted by Gasteiger charge is 2.19. The molecule has 28 heavy (non-hydrogen) atoms. The maximum Gasteiger partial charge on any atom is 0.252 e. The minimum atomic E-state index is -3.83. The Bertz CT molecular complexity index is 1090. The number of sulfonamides is 1. The molecule has 0 fully saturated rings. The van der Waals surface area contributed by atoms with E-state index in [1.165, 1.54) is 29.7 Å². The van der Waals surface area contributed by atoms with Crippen molar-refractivity contribution in [3.63, 3.8) is 0 Å². The summed E-state index contributed by atoms with van der Waals surface area (Å²) in [6.45, 7) is 0. The smallest absolute Gasteiger partial charge is 0.252 e. The summed E-state index contributed by atoms with van der Waals surface area (Å²) in [6, 6.07) is 12.8. The summed E-state index contributed by atoms with van der Waals surface area (Å²) in [6.07, 6.45) is -0.269. The zero-order valence-corrected chi connectivity index (χ0v) is 15.6. The van der Waals surface area contributed by atoms with Crippen molar-refractivity contribution in [1.29, 1.82) is 0 Å². The van der Waals surface area contributed by atoms with Gasteiger partial charge in [-0.15, -0.1) is 0 Å². The highest BCUT2D eigenvalue weighted by molar-refractivity contribution is 7.89. The van der Waals surface area contributed by atoms with Crippen molar-refractivity contribution in [1.82, 2.24) is 10.5 Å². The minimum Gasteiger partial charge on any atom is -0.497 e. The summed E-state index contributed by atoms with van der Waals surface area (Å²) >= 11 is 0. The van der Waals surface area contributed by atoms with E-state index in [9.17, 15) is 13.2 Å². The topological polar surface area (TPSA) is 145 Å². The number of aromatic nitrogens is 1. The molecule has 10 heteroatoms. The molecule has 0 saturated carbocycles. The van der Waals surface area contributed by atoms with E-state index < -0.39 is 15.9 Å². The molecule has 1 aromatic heterocycles. The normalized spacial score (nSPS) is 11.2. The molecule has 3 rings (SSSR count). The number of carbonyl (C=O) groups excluding carboxylic acids is 1. The Morgan fingerprint density at radius 1 is 1.14 bits per heavy atom. The maximum atomic E-state index is 11.5. The molecule has 3 aromatic rings. The van der Waals surface area contributed by atoms with E-state index in [2.05, 4.69) is 4.98 Å². The number of amides is 1. The van der Waals surface area contributed by atoms with Crippen LogP contribution in [0.1, 0.15) is 5.89 Å². The predicted molar refractivity (Wildman–Crippen MR) is 98.9 cm³/mol. The van der Waals surface area contributed by atoms with Crippen LogP contribution >= 0.6 is 0 Å². The molecule has 0 bridgehead atoms. The first-order chi connectivity index (χ1) is 13.3. The van der Waals surface area contributed by atoms with Crippen LogP contribution in [0, 0.1) is 0 Å². The summed E-state index contributed by atoms with van der Waals surface area (Å²) in [5.74, 6) is 0.402. The number of rotatable bonds is 6. The van der Waals surface area contributed by atoms with E-state index in [0.29, 0.717) is 28.3 Å². The molecular weight excluding hydrogens is 386 g/mol. The molecule has 0 aliphatic rings. The van der Waals surface area contributed by atoms with Crippen LogP contribution in [0.15, 0.2) is 57.8 Å². The number of benzene rings is 2. The predicted octanol–water partition coefficient (Wildman–Crippen LogP) is 1.71. The molecule has 0 atom stereocenters. The van der Waals surface area contributed by atoms with Crippen LogP contribution in [0.25, 0.3) is 22.6 Å². The van der Waals surface area contributed by atoms with Crippen molar-refractivity contribution in [2.24, 2.45) is 5.14 Å². The SMILES string of the molecule is COc1ccc(-c2nc(CC(=O)NO)oc2-c2ccc(S(N)(=O)=O)cc2)cc1. The molecule has 9 nitrogen and oxygen atoms in total. The molecule has 0 saturated heterocycles. The number of carbonyl (C=O) groups is 1. The van der Waals surface area contributed by atoms with Crippen LogP contribution < -0.4 is 15.4 Å². The van der Waals surface area contributed by atoms with Gasteiger partial charge in [0, 0.05) is 11.1 Å². The van der Waals surface area contributed by atoms with Crippen molar-refractivity contribution in [2.75, 3.05) is 7.11 Å². The van der Waals surface area contributed by atoms with Crippen LogP contribution in [-0.4, -0.2) is 31.6 Å². The number of primary sulfonamides is 1. The Kier molecular flexibility index (Phi) is 5.45. The Hall–Kier alpha value is -3.21. The molecular formula is C18H17N3O6S. The molecule has 2 aromatic carbocycles. The third-order valence-electron chi connectivity index (χ3n) is 3.92. The minimum absolute atomic E-state index is 0.0401. The Morgan fingerprint density at radius 3 is 2.29 bits per heavy atom. The van der Waals surface area contributed by atoms with Crippen LogP contribution in [0.4, 0.5) is 0 Å². The molecule has 0 aliphatic carbocycles. The highest BCUT2D eigenvalue weighted by Crippen LogP contribution is 2.34. The van der Waals surface area contributed by atoms with Gasteiger partial charge in [0.25, 0.3) is 5.91 Å². The van der Waals surface area contributed by atoms with Gasteiger partial charge >= 0.3 is 0 Å². The van der Waals surface area contributed by atoms with Gasteiger partial charge in [-0.05, 0) is 48.5 Å². The summed E-state index contributed by atoms with van der Waals surface area (Å²) in [7, 11) is -2.28. The fraction of sp³-hybridized carbons (Fsp3) is 0.111. The lowest BCUT2D eigenvalue weighted by atomic mass is 10.1. The largest absolute Gasteiger partial charge is 0.497 e. The summed E-state index contributed by atoms with van der Waals surface area (Å²) in [4.78, 5) is 15.8. The summed E-state index contributed by atoms with van der Waals surface area (Å²) < 4.78 is 33.8. The third kappa shape index (κ3) is 4.19. The van der Waals surface area contributed by atoms with Crippen LogP contribution in [0.2, 0.25) is 0 Å². The van der Waals surface area contributed by atoms with E-state index in [-0.39, 0.29) is 17.2 Å². The molecule has 0 aliphatic heterocycles. The molecule has 1 amide bonds. The van der Waals surface area contributed by atoms with E-state index in [1.54, 1.807) is 31.4 Å². The number of nitrogens with two attached hydrogens (primary N) is 1. The van der Waals surface area contributed by atoms with Gasteiger partial charge in [0.05, 0.1) is 12.0 Å². The molecule has 0 spiro atoms. The van der Waals surface area contributed by atoms with Gasteiger partial charge in [-0.25, -0.2) is 24.0 Å². The first-order valence-electron chi connectivity index (χ1n) is 8.02. The lowest BCUT2D eigenvalue weighted by Gasteiger charge is -2.04. The molecule has 1 heterocycles. The number of nitrogens with one attached hydrogen (secondary N) is 1. The number of hydrogen-bond acceptors (Lipinski definition) is 7. The second-order valence-electron chi connectivity index (χ2n) is 5.79. The molecule has 146 valence electrons. The summed E-state index contributed by atoms with van der Waals surface area (Å²) in [5.41, 5.74) is 3.22. The second kappa shape index (κ2) is 7.80. The van der Waals surface area contributed by atoms with E-state index >= 15 is 0 Å². The van der Waals surface area contributed by atoms with E-state index in [1.807, 2.05) is 0 Å². The van der Waals surface area contributed by atoms with Gasteiger partial charge < -0.3 is 9.15 Å². The van der Waals surface area contributed by atoms with Gasteiger partial charge in [-0.1, -0.05) is 0 Å². The maximum absolute atomic E-state index is 11.5. The fourth-order valence-electron chi connectivity index (χ4n) is 2.55. The van der Waals surface area contributed by atoms with Crippen molar-refractivity contribution in [3.8, 4) is 28.3 Å². The molecule has 0 radical (unpaired) electrons. The Balaban J connectivity index is 2.08. The Morgan fingerprint density at radius 2 is 1.75 bits per heavy atom. The average molecular weight is 403 g/mol. The van der Waals surface area contributed by atoms with Crippen LogP contribution in [0.3, 0.4) is 0 Å². The molecule has 4 N–H and O–H groups in total. The van der Waals surface area contributed by atoms with Gasteiger partial charge in [0.2, 0.25) is 15.9 Å². The van der Waals surface area contributed by atoms with Gasteiger partial charge in [0.15, 0.2) is 5.76 Å². The van der Waals surface area contributed by atoms with Crippen LogP contribution in [0.5, 0.6) is 5.75 Å². The fourth-order valence-corrected chi connectivity index (χ4v) is 3.07. The number of ether oxygens (including phenoxy) is 1. The van der Waals surface area contributed by atoms with Gasteiger partial charge in [0.1, 0.15) is 17.9 Å². The highest BCUT2D eigenvalue weighted by atomic mass is 32.2. The first-order valence-corrected chi connectivity index (χ1v) is 9.56. The standard InChI is InChI=1S/C18H17N3O6S/c1-26-13-6-2-11(3-7-13)17-18(27-16(20-17)10-15(22)21-23)12-4-8-14(9-5-12)28(19,24)25/h2-9,23H,10H2,1H3,(H,21,22)(H2,19,24,25). The number of hydroxylamine groups is 1. The van der Waals surface area contributed by atoms with Gasteiger partial charge in [-0.2, -0.15) is 0 Å². The van der Waals surface area contributed by atoms with Crippen molar-refractivity contribution >= 4 is 15.9 Å². The Labute approximate surface area is 160 Å². The van der Waals surface area contributed by atoms with Crippen molar-refractivity contribution in [3.05, 3.63) is 54.4 Å². The quantitative estimate of drug-likeness (QED) is 0.420. The van der Waals surface area contributed by atoms with Crippen molar-refractivity contribution < 1.29 is 27.6 Å². The number of nitrogens with zero attached hydrogens (tertiary/aromatic N) is 1.